The van der Waals surface area contributed by atoms with Crippen molar-refractivity contribution in [1.82, 2.24) is 15.6 Å². The molecule has 0 spiro atoms. The molecule has 3 nitrogen and oxygen atoms in total. The molecule has 1 heterocycles. The molecule has 0 aliphatic heterocycles. The Bertz CT molecular complexity index is 409. The fourth-order valence-electron chi connectivity index (χ4n) is 1.63. The van der Waals surface area contributed by atoms with Gasteiger partial charge in [-0.15, -0.1) is 0 Å². The summed E-state index contributed by atoms with van der Waals surface area (Å²) in [4.78, 5) is 5.91. The van der Waals surface area contributed by atoms with Crippen LogP contribution < -0.4 is 10.6 Å². The average Bonchev–Trinajstić information content (AvgIpc) is 2.47. The van der Waals surface area contributed by atoms with Crippen molar-refractivity contribution in [2.75, 3.05) is 13.1 Å². The lowest BCUT2D eigenvalue weighted by Gasteiger charge is -2.10. The molecule has 0 saturated carbocycles. The highest BCUT2D eigenvalue weighted by atomic mass is 32.1. The predicted octanol–water partition coefficient (Wildman–Crippen LogP) is 3.21. The summed E-state index contributed by atoms with van der Waals surface area (Å²) in [7, 11) is 0. The molecule has 0 aliphatic rings. The van der Waals surface area contributed by atoms with Crippen molar-refractivity contribution in [3.63, 3.8) is 0 Å². The van der Waals surface area contributed by atoms with Gasteiger partial charge in [-0.05, 0) is 25.0 Å². The van der Waals surface area contributed by atoms with Crippen LogP contribution in [0.5, 0.6) is 0 Å². The smallest absolute Gasteiger partial charge is 0.125 e. The molecule has 0 bridgehead atoms. The molecule has 5 heteroatoms. The Kier molecular flexibility index (Phi) is 8.30. The fraction of sp³-hybridized carbons (Fsp3) is 0.533. The van der Waals surface area contributed by atoms with Crippen LogP contribution in [0.15, 0.2) is 18.2 Å². The molecule has 0 radical (unpaired) electrons. The molecular formula is C15H23N3S2. The van der Waals surface area contributed by atoms with Crippen molar-refractivity contribution < 1.29 is 0 Å². The van der Waals surface area contributed by atoms with Gasteiger partial charge in [0.25, 0.3) is 0 Å². The summed E-state index contributed by atoms with van der Waals surface area (Å²) in [5.41, 5.74) is 1.57. The number of thiocarbonyl (C=S) groups is 2. The third-order valence-corrected chi connectivity index (χ3v) is 3.55. The summed E-state index contributed by atoms with van der Waals surface area (Å²) in [5.74, 6) is 0. The number of nitrogens with one attached hydrogen (secondary N) is 2. The molecule has 0 unspecified atom stereocenters. The van der Waals surface area contributed by atoms with Gasteiger partial charge in [0.2, 0.25) is 0 Å². The summed E-state index contributed by atoms with van der Waals surface area (Å²) in [5, 5.41) is 6.45. The van der Waals surface area contributed by atoms with E-state index < -0.39 is 0 Å². The van der Waals surface area contributed by atoms with E-state index in [4.69, 9.17) is 24.4 Å². The van der Waals surface area contributed by atoms with Gasteiger partial charge in [-0.1, -0.05) is 57.2 Å². The third-order valence-electron chi connectivity index (χ3n) is 2.85. The normalized spacial score (nSPS) is 10.1. The quantitative estimate of drug-likeness (QED) is 0.570. The monoisotopic (exact) mass is 309 g/mol. The van der Waals surface area contributed by atoms with Crippen molar-refractivity contribution in [3.8, 4) is 0 Å². The van der Waals surface area contributed by atoms with Gasteiger partial charge in [0.05, 0.1) is 11.4 Å². The molecule has 110 valence electrons. The van der Waals surface area contributed by atoms with E-state index in [9.17, 15) is 0 Å². The van der Waals surface area contributed by atoms with Crippen molar-refractivity contribution in [1.29, 1.82) is 0 Å². The molecule has 0 fully saturated rings. The highest BCUT2D eigenvalue weighted by Gasteiger charge is 2.06. The number of nitrogens with zero attached hydrogens (tertiary/aromatic N) is 1. The Morgan fingerprint density at radius 1 is 0.950 bits per heavy atom. The lowest BCUT2D eigenvalue weighted by Crippen LogP contribution is -2.27. The van der Waals surface area contributed by atoms with Gasteiger partial charge in [-0.2, -0.15) is 0 Å². The lowest BCUT2D eigenvalue weighted by atomic mass is 10.2. The van der Waals surface area contributed by atoms with E-state index >= 15 is 0 Å². The summed E-state index contributed by atoms with van der Waals surface area (Å²) in [6, 6.07) is 5.78. The zero-order valence-electron chi connectivity index (χ0n) is 12.2. The number of hydrogen-bond donors (Lipinski definition) is 2. The molecular weight excluding hydrogens is 286 g/mol. The predicted molar refractivity (Wildman–Crippen MR) is 93.5 cm³/mol. The van der Waals surface area contributed by atoms with Gasteiger partial charge in [-0.25, -0.2) is 4.98 Å². The second kappa shape index (κ2) is 9.77. The van der Waals surface area contributed by atoms with E-state index in [-0.39, 0.29) is 0 Å². The highest BCUT2D eigenvalue weighted by molar-refractivity contribution is 7.81. The second-order valence-corrected chi connectivity index (χ2v) is 5.44. The van der Waals surface area contributed by atoms with E-state index in [2.05, 4.69) is 29.5 Å². The fourth-order valence-corrected chi connectivity index (χ4v) is 2.06. The molecule has 1 aromatic rings. The van der Waals surface area contributed by atoms with Crippen molar-refractivity contribution >= 4 is 34.4 Å². The van der Waals surface area contributed by atoms with Crippen LogP contribution in [-0.2, 0) is 0 Å². The first-order chi connectivity index (χ1) is 9.69. The number of rotatable bonds is 8. The molecule has 0 amide bonds. The van der Waals surface area contributed by atoms with Crippen LogP contribution in [0.2, 0.25) is 0 Å². The number of aromatic nitrogens is 1. The van der Waals surface area contributed by atoms with E-state index in [1.54, 1.807) is 0 Å². The maximum absolute atomic E-state index is 5.35. The van der Waals surface area contributed by atoms with E-state index in [1.165, 1.54) is 0 Å². The second-order valence-electron chi connectivity index (χ2n) is 4.63. The van der Waals surface area contributed by atoms with Gasteiger partial charge in [0, 0.05) is 13.1 Å². The van der Waals surface area contributed by atoms with Crippen LogP contribution >= 0.6 is 24.4 Å². The molecule has 1 aromatic heterocycles. The van der Waals surface area contributed by atoms with Crippen LogP contribution in [0.25, 0.3) is 0 Å². The van der Waals surface area contributed by atoms with Crippen LogP contribution in [-0.4, -0.2) is 28.1 Å². The third kappa shape index (κ3) is 5.92. The summed E-state index contributed by atoms with van der Waals surface area (Å²) >= 11 is 10.7. The Labute approximate surface area is 132 Å². The van der Waals surface area contributed by atoms with Gasteiger partial charge in [0.1, 0.15) is 9.98 Å². The topological polar surface area (TPSA) is 37.0 Å². The van der Waals surface area contributed by atoms with Crippen molar-refractivity contribution in [3.05, 3.63) is 29.6 Å². The Balaban J connectivity index is 2.60. The summed E-state index contributed by atoms with van der Waals surface area (Å²) < 4.78 is 0. The van der Waals surface area contributed by atoms with Gasteiger partial charge >= 0.3 is 0 Å². The molecule has 20 heavy (non-hydrogen) atoms. The van der Waals surface area contributed by atoms with Crippen molar-refractivity contribution in [2.45, 2.75) is 39.5 Å². The lowest BCUT2D eigenvalue weighted by molar-refractivity contribution is 0.756. The first kappa shape index (κ1) is 17.0. The van der Waals surface area contributed by atoms with E-state index in [0.717, 1.165) is 50.2 Å². The van der Waals surface area contributed by atoms with Crippen LogP contribution in [0.4, 0.5) is 0 Å². The van der Waals surface area contributed by atoms with Gasteiger partial charge in [0.15, 0.2) is 0 Å². The minimum absolute atomic E-state index is 0.691. The van der Waals surface area contributed by atoms with Crippen LogP contribution in [0, 0.1) is 0 Å². The Hall–Kier alpha value is -1.07. The molecule has 2 N–H and O–H groups in total. The zero-order valence-corrected chi connectivity index (χ0v) is 13.9. The Morgan fingerprint density at radius 2 is 1.40 bits per heavy atom. The van der Waals surface area contributed by atoms with Crippen LogP contribution in [0.1, 0.15) is 50.9 Å². The molecule has 1 rings (SSSR count). The zero-order chi connectivity index (χ0) is 14.8. The highest BCUT2D eigenvalue weighted by Crippen LogP contribution is 2.02. The number of pyridine rings is 1. The van der Waals surface area contributed by atoms with Gasteiger partial charge in [-0.3, -0.25) is 0 Å². The summed E-state index contributed by atoms with van der Waals surface area (Å²) in [6.45, 7) is 6.09. The Morgan fingerprint density at radius 3 is 1.80 bits per heavy atom. The SMILES string of the molecule is CCCCNC(=S)c1cccc(C(=S)NCCCC)n1. The van der Waals surface area contributed by atoms with E-state index in [1.807, 2.05) is 18.2 Å². The molecule has 0 saturated heterocycles. The minimum Gasteiger partial charge on any atom is -0.375 e. The first-order valence-electron chi connectivity index (χ1n) is 7.22. The van der Waals surface area contributed by atoms with Crippen LogP contribution in [0.3, 0.4) is 0 Å². The standard InChI is InChI=1S/C15H23N3S2/c1-3-5-10-16-14(19)12-8-7-9-13(18-12)15(20)17-11-6-4-2/h7-9H,3-6,10-11H2,1-2H3,(H,16,19)(H,17,20). The number of hydrogen-bond acceptors (Lipinski definition) is 3. The summed E-state index contributed by atoms with van der Waals surface area (Å²) in [6.07, 6.45) is 4.51. The van der Waals surface area contributed by atoms with Crippen molar-refractivity contribution in [2.24, 2.45) is 0 Å². The maximum Gasteiger partial charge on any atom is 0.125 e. The van der Waals surface area contributed by atoms with Gasteiger partial charge < -0.3 is 10.6 Å². The maximum atomic E-state index is 5.35. The minimum atomic E-state index is 0.691. The molecule has 0 aliphatic carbocycles. The average molecular weight is 310 g/mol. The molecule has 0 atom stereocenters. The number of unbranched alkanes of at least 4 members (excludes halogenated alkanes) is 2. The first-order valence-corrected chi connectivity index (χ1v) is 8.04. The largest absolute Gasteiger partial charge is 0.375 e. The molecule has 0 aromatic carbocycles. The van der Waals surface area contributed by atoms with E-state index in [0.29, 0.717) is 9.98 Å².